The van der Waals surface area contributed by atoms with Crippen LogP contribution in [0.25, 0.3) is 0 Å². The van der Waals surface area contributed by atoms with Crippen LogP contribution >= 0.6 is 11.6 Å². The summed E-state index contributed by atoms with van der Waals surface area (Å²) < 4.78 is 0. The van der Waals surface area contributed by atoms with Gasteiger partial charge in [-0.3, -0.25) is 0 Å². The van der Waals surface area contributed by atoms with Gasteiger partial charge in [-0.25, -0.2) is 0 Å². The van der Waals surface area contributed by atoms with Gasteiger partial charge in [-0.2, -0.15) is 0 Å². The molecule has 0 aliphatic carbocycles. The summed E-state index contributed by atoms with van der Waals surface area (Å²) >= 11 is 5.75. The van der Waals surface area contributed by atoms with Crippen molar-refractivity contribution in [3.05, 3.63) is 34.9 Å². The van der Waals surface area contributed by atoms with Crippen LogP contribution in [0.15, 0.2) is 24.3 Å². The number of aliphatic hydroxyl groups excluding tert-OH is 1. The average Bonchev–Trinajstić information content (AvgIpc) is 2.19. The Kier molecular flexibility index (Phi) is 4.94. The van der Waals surface area contributed by atoms with E-state index in [9.17, 15) is 5.11 Å². The molecule has 0 aliphatic heterocycles. The fraction of sp³-hybridized carbons (Fsp3) is 0.455. The Labute approximate surface area is 89.9 Å². The second-order valence-electron chi connectivity index (χ2n) is 3.27. The number of nitrogens with one attached hydrogen (secondary N) is 1. The van der Waals surface area contributed by atoms with Crippen LogP contribution in [0.3, 0.4) is 0 Å². The van der Waals surface area contributed by atoms with Crippen LogP contribution in [0.2, 0.25) is 5.02 Å². The highest BCUT2D eigenvalue weighted by molar-refractivity contribution is 6.30. The smallest absolute Gasteiger partial charge is 0.0914 e. The molecule has 14 heavy (non-hydrogen) atoms. The monoisotopic (exact) mass is 213 g/mol. The summed E-state index contributed by atoms with van der Waals surface area (Å²) in [6.07, 6.45) is 0.631. The van der Waals surface area contributed by atoms with Crippen molar-refractivity contribution >= 4 is 11.6 Å². The van der Waals surface area contributed by atoms with Gasteiger partial charge in [0.2, 0.25) is 0 Å². The van der Waals surface area contributed by atoms with Gasteiger partial charge in [0.1, 0.15) is 0 Å². The van der Waals surface area contributed by atoms with E-state index in [-0.39, 0.29) is 0 Å². The molecule has 0 spiro atoms. The summed E-state index contributed by atoms with van der Waals surface area (Å²) in [7, 11) is 0. The van der Waals surface area contributed by atoms with E-state index in [0.717, 1.165) is 18.5 Å². The maximum absolute atomic E-state index is 9.73. The van der Waals surface area contributed by atoms with Crippen molar-refractivity contribution in [2.45, 2.75) is 19.4 Å². The van der Waals surface area contributed by atoms with Gasteiger partial charge >= 0.3 is 0 Å². The molecule has 1 atom stereocenters. The van der Waals surface area contributed by atoms with Crippen LogP contribution in [0.5, 0.6) is 0 Å². The quantitative estimate of drug-likeness (QED) is 0.737. The number of rotatable bonds is 5. The highest BCUT2D eigenvalue weighted by Gasteiger charge is 2.05. The molecule has 78 valence electrons. The molecule has 3 heteroatoms. The first-order valence-corrected chi connectivity index (χ1v) is 5.26. The van der Waals surface area contributed by atoms with E-state index in [4.69, 9.17) is 11.6 Å². The Hall–Kier alpha value is -0.570. The van der Waals surface area contributed by atoms with Crippen molar-refractivity contribution in [1.29, 1.82) is 0 Å². The Morgan fingerprint density at radius 1 is 1.36 bits per heavy atom. The molecular formula is C11H16ClNO. The van der Waals surface area contributed by atoms with Gasteiger partial charge in [-0.1, -0.05) is 30.7 Å². The van der Waals surface area contributed by atoms with E-state index in [1.165, 1.54) is 0 Å². The first-order valence-electron chi connectivity index (χ1n) is 4.88. The molecule has 2 N–H and O–H groups in total. The van der Waals surface area contributed by atoms with E-state index in [1.807, 2.05) is 12.1 Å². The summed E-state index contributed by atoms with van der Waals surface area (Å²) in [6, 6.07) is 7.28. The predicted molar refractivity (Wildman–Crippen MR) is 59.6 cm³/mol. The SMILES string of the molecule is CCCNCC(O)c1ccc(Cl)cc1. The molecule has 0 radical (unpaired) electrons. The summed E-state index contributed by atoms with van der Waals surface area (Å²) in [4.78, 5) is 0. The van der Waals surface area contributed by atoms with Crippen molar-refractivity contribution in [2.24, 2.45) is 0 Å². The first-order chi connectivity index (χ1) is 6.74. The van der Waals surface area contributed by atoms with Gasteiger partial charge in [0.15, 0.2) is 0 Å². The Morgan fingerprint density at radius 2 is 2.00 bits per heavy atom. The minimum absolute atomic E-state index is 0.446. The molecule has 0 aromatic heterocycles. The zero-order valence-corrected chi connectivity index (χ0v) is 9.09. The van der Waals surface area contributed by atoms with Crippen molar-refractivity contribution in [3.63, 3.8) is 0 Å². The third kappa shape index (κ3) is 3.66. The summed E-state index contributed by atoms with van der Waals surface area (Å²) in [6.45, 7) is 3.63. The van der Waals surface area contributed by atoms with E-state index < -0.39 is 6.10 Å². The molecule has 1 aromatic rings. The molecule has 1 unspecified atom stereocenters. The number of aliphatic hydroxyl groups is 1. The lowest BCUT2D eigenvalue weighted by Gasteiger charge is -2.11. The maximum atomic E-state index is 9.73. The standard InChI is InChI=1S/C11H16ClNO/c1-2-7-13-8-11(14)9-3-5-10(12)6-4-9/h3-6,11,13-14H,2,7-8H2,1H3. The van der Waals surface area contributed by atoms with Gasteiger partial charge in [-0.15, -0.1) is 0 Å². The van der Waals surface area contributed by atoms with Gasteiger partial charge in [0, 0.05) is 11.6 Å². The van der Waals surface area contributed by atoms with Crippen LogP contribution in [-0.2, 0) is 0 Å². The van der Waals surface area contributed by atoms with Crippen molar-refractivity contribution < 1.29 is 5.11 Å². The third-order valence-electron chi connectivity index (χ3n) is 2.02. The van der Waals surface area contributed by atoms with E-state index in [1.54, 1.807) is 12.1 Å². The van der Waals surface area contributed by atoms with Gasteiger partial charge in [0.05, 0.1) is 6.10 Å². The highest BCUT2D eigenvalue weighted by Crippen LogP contribution is 2.15. The zero-order chi connectivity index (χ0) is 10.4. The molecule has 0 saturated heterocycles. The molecule has 0 fully saturated rings. The number of hydrogen-bond acceptors (Lipinski definition) is 2. The molecule has 1 rings (SSSR count). The van der Waals surface area contributed by atoms with Crippen LogP contribution in [-0.4, -0.2) is 18.2 Å². The van der Waals surface area contributed by atoms with Crippen LogP contribution in [0.1, 0.15) is 25.0 Å². The molecule has 2 nitrogen and oxygen atoms in total. The van der Waals surface area contributed by atoms with Gasteiger partial charge in [-0.05, 0) is 30.7 Å². The second-order valence-corrected chi connectivity index (χ2v) is 3.71. The van der Waals surface area contributed by atoms with Crippen molar-refractivity contribution in [1.82, 2.24) is 5.32 Å². The van der Waals surface area contributed by atoms with E-state index in [2.05, 4.69) is 12.2 Å². The topological polar surface area (TPSA) is 32.3 Å². The lowest BCUT2D eigenvalue weighted by Crippen LogP contribution is -2.21. The number of hydrogen-bond donors (Lipinski definition) is 2. The Morgan fingerprint density at radius 3 is 2.57 bits per heavy atom. The van der Waals surface area contributed by atoms with E-state index in [0.29, 0.717) is 11.6 Å². The molecule has 0 aliphatic rings. The number of benzene rings is 1. The summed E-state index contributed by atoms with van der Waals surface area (Å²) in [5.74, 6) is 0. The fourth-order valence-corrected chi connectivity index (χ4v) is 1.34. The van der Waals surface area contributed by atoms with Crippen LogP contribution in [0.4, 0.5) is 0 Å². The first kappa shape index (κ1) is 11.5. The normalized spacial score (nSPS) is 12.8. The Bertz CT molecular complexity index is 260. The van der Waals surface area contributed by atoms with Crippen LogP contribution in [0, 0.1) is 0 Å². The van der Waals surface area contributed by atoms with Gasteiger partial charge < -0.3 is 10.4 Å². The second kappa shape index (κ2) is 6.02. The molecule has 1 aromatic carbocycles. The molecule has 0 bridgehead atoms. The summed E-state index contributed by atoms with van der Waals surface area (Å²) in [5.41, 5.74) is 0.901. The largest absolute Gasteiger partial charge is 0.387 e. The fourth-order valence-electron chi connectivity index (χ4n) is 1.22. The lowest BCUT2D eigenvalue weighted by atomic mass is 10.1. The highest BCUT2D eigenvalue weighted by atomic mass is 35.5. The summed E-state index contributed by atoms with van der Waals surface area (Å²) in [5, 5.41) is 13.6. The number of halogens is 1. The third-order valence-corrected chi connectivity index (χ3v) is 2.27. The van der Waals surface area contributed by atoms with Gasteiger partial charge in [0.25, 0.3) is 0 Å². The maximum Gasteiger partial charge on any atom is 0.0914 e. The van der Waals surface area contributed by atoms with E-state index >= 15 is 0 Å². The molecular weight excluding hydrogens is 198 g/mol. The minimum atomic E-state index is -0.446. The average molecular weight is 214 g/mol. The van der Waals surface area contributed by atoms with Crippen molar-refractivity contribution in [2.75, 3.05) is 13.1 Å². The molecule has 0 saturated carbocycles. The van der Waals surface area contributed by atoms with Crippen LogP contribution < -0.4 is 5.32 Å². The molecule has 0 heterocycles. The predicted octanol–water partition coefficient (Wildman–Crippen LogP) is 2.37. The Balaban J connectivity index is 2.43. The lowest BCUT2D eigenvalue weighted by molar-refractivity contribution is 0.175. The minimum Gasteiger partial charge on any atom is -0.387 e. The zero-order valence-electron chi connectivity index (χ0n) is 8.33. The molecule has 0 amide bonds. The van der Waals surface area contributed by atoms with Crippen molar-refractivity contribution in [3.8, 4) is 0 Å².